The summed E-state index contributed by atoms with van der Waals surface area (Å²) in [5, 5.41) is 9.80. The summed E-state index contributed by atoms with van der Waals surface area (Å²) in [7, 11) is -1.15. The van der Waals surface area contributed by atoms with E-state index in [4.69, 9.17) is 4.43 Å². The molecule has 0 fully saturated rings. The van der Waals surface area contributed by atoms with E-state index >= 15 is 0 Å². The number of hydrogen-bond acceptors (Lipinski definition) is 2. The van der Waals surface area contributed by atoms with Crippen molar-refractivity contribution < 1.29 is 9.53 Å². The molecule has 0 aromatic heterocycles. The molecular formula is C12H21IO2Si. The molecule has 0 aliphatic heterocycles. The van der Waals surface area contributed by atoms with Gasteiger partial charge in [0.2, 0.25) is 9.04 Å². The fourth-order valence-electron chi connectivity index (χ4n) is 1.59. The van der Waals surface area contributed by atoms with Gasteiger partial charge in [0, 0.05) is 6.42 Å². The zero-order valence-electron chi connectivity index (χ0n) is 10.7. The van der Waals surface area contributed by atoms with Gasteiger partial charge in [-0.1, -0.05) is 49.4 Å². The lowest BCUT2D eigenvalue weighted by Gasteiger charge is -2.40. The average Bonchev–Trinajstić information content (AvgIpc) is 2.09. The third-order valence-corrected chi connectivity index (χ3v) is 5.95. The molecule has 1 rings (SSSR count). The number of allylic oxidation sites excluding steroid dienone is 3. The molecule has 0 aromatic carbocycles. The van der Waals surface area contributed by atoms with Crippen molar-refractivity contribution in [3.8, 4) is 0 Å². The molecule has 0 saturated carbocycles. The Morgan fingerprint density at radius 3 is 2.44 bits per heavy atom. The quantitative estimate of drug-likeness (QED) is 0.464. The van der Waals surface area contributed by atoms with Crippen LogP contribution in [0.2, 0.25) is 13.1 Å². The first-order chi connectivity index (χ1) is 7.16. The summed E-state index contributed by atoms with van der Waals surface area (Å²) in [6.45, 7) is 10.9. The van der Waals surface area contributed by atoms with Crippen LogP contribution in [-0.4, -0.2) is 17.6 Å². The van der Waals surface area contributed by atoms with Crippen molar-refractivity contribution in [2.24, 2.45) is 5.41 Å². The lowest BCUT2D eigenvalue weighted by atomic mass is 9.76. The second-order valence-electron chi connectivity index (χ2n) is 5.60. The fourth-order valence-corrected chi connectivity index (χ4v) is 2.89. The molecule has 16 heavy (non-hydrogen) atoms. The summed E-state index contributed by atoms with van der Waals surface area (Å²) in [6.07, 6.45) is 4.66. The maximum atomic E-state index is 9.80. The summed E-state index contributed by atoms with van der Waals surface area (Å²) < 4.78 is 5.83. The monoisotopic (exact) mass is 352 g/mol. The van der Waals surface area contributed by atoms with Crippen LogP contribution in [0.15, 0.2) is 23.7 Å². The largest absolute Gasteiger partial charge is 0.547 e. The van der Waals surface area contributed by atoms with Crippen LogP contribution >= 0.6 is 22.6 Å². The minimum absolute atomic E-state index is 0.0234. The molecule has 1 aliphatic carbocycles. The standard InChI is InChI=1S/C12H21IO2Si/c1-11(2,3)12(13)7-6-9(14)10(8-12)15-16(4)5/h6-7,14,16H,8H2,1-5H3. The number of alkyl halides is 1. The van der Waals surface area contributed by atoms with Crippen molar-refractivity contribution >= 4 is 31.6 Å². The smallest absolute Gasteiger partial charge is 0.229 e. The normalized spacial score (nSPS) is 26.4. The Hall–Kier alpha value is 0.0269. The minimum atomic E-state index is -1.15. The van der Waals surface area contributed by atoms with Gasteiger partial charge in [-0.3, -0.25) is 0 Å². The SMILES string of the molecule is C[SiH](C)OC1=C(O)C=CC(I)(C(C)(C)C)C1. The van der Waals surface area contributed by atoms with Crippen LogP contribution in [-0.2, 0) is 4.43 Å². The highest BCUT2D eigenvalue weighted by Gasteiger charge is 2.40. The highest BCUT2D eigenvalue weighted by molar-refractivity contribution is 14.1. The first-order valence-corrected chi connectivity index (χ1v) is 9.48. The number of aliphatic hydroxyl groups is 1. The van der Waals surface area contributed by atoms with E-state index in [0.717, 1.165) is 12.2 Å². The number of hydrogen-bond donors (Lipinski definition) is 1. The van der Waals surface area contributed by atoms with E-state index in [-0.39, 0.29) is 8.84 Å². The van der Waals surface area contributed by atoms with E-state index in [9.17, 15) is 5.11 Å². The Labute approximate surface area is 114 Å². The van der Waals surface area contributed by atoms with Gasteiger partial charge in [-0.05, 0) is 24.6 Å². The van der Waals surface area contributed by atoms with Crippen LogP contribution in [0.25, 0.3) is 0 Å². The van der Waals surface area contributed by atoms with Crippen LogP contribution in [0, 0.1) is 5.41 Å². The van der Waals surface area contributed by atoms with Crippen molar-refractivity contribution in [3.63, 3.8) is 0 Å². The first-order valence-electron chi connectivity index (χ1n) is 5.62. The Kier molecular flexibility index (Phi) is 4.16. The molecule has 1 aliphatic rings. The third-order valence-electron chi connectivity index (χ3n) is 2.83. The second-order valence-corrected chi connectivity index (χ2v) is 9.86. The summed E-state index contributed by atoms with van der Waals surface area (Å²) >= 11 is 2.47. The van der Waals surface area contributed by atoms with Crippen LogP contribution in [0.4, 0.5) is 0 Å². The lowest BCUT2D eigenvalue weighted by molar-refractivity contribution is 0.276. The Morgan fingerprint density at radius 2 is 2.00 bits per heavy atom. The van der Waals surface area contributed by atoms with Gasteiger partial charge < -0.3 is 9.53 Å². The maximum Gasteiger partial charge on any atom is 0.229 e. The van der Waals surface area contributed by atoms with Gasteiger partial charge in [0.25, 0.3) is 0 Å². The van der Waals surface area contributed by atoms with E-state index in [2.05, 4.69) is 62.5 Å². The molecule has 0 spiro atoms. The van der Waals surface area contributed by atoms with E-state index in [1.54, 1.807) is 6.08 Å². The molecule has 1 N–H and O–H groups in total. The molecule has 0 bridgehead atoms. The molecular weight excluding hydrogens is 331 g/mol. The van der Waals surface area contributed by atoms with Crippen LogP contribution in [0.1, 0.15) is 27.2 Å². The first kappa shape index (κ1) is 14.1. The van der Waals surface area contributed by atoms with Crippen LogP contribution < -0.4 is 0 Å². The Balaban J connectivity index is 2.94. The predicted octanol–water partition coefficient (Wildman–Crippen LogP) is 3.94. The minimum Gasteiger partial charge on any atom is -0.547 e. The van der Waals surface area contributed by atoms with Crippen molar-refractivity contribution in [2.75, 3.05) is 0 Å². The van der Waals surface area contributed by atoms with E-state index in [1.807, 2.05) is 0 Å². The van der Waals surface area contributed by atoms with Gasteiger partial charge in [-0.2, -0.15) is 0 Å². The number of aliphatic hydroxyl groups excluding tert-OH is 1. The molecule has 4 heteroatoms. The summed E-state index contributed by atoms with van der Waals surface area (Å²) in [6, 6.07) is 0. The zero-order valence-corrected chi connectivity index (χ0v) is 14.0. The number of rotatable bonds is 2. The van der Waals surface area contributed by atoms with E-state index < -0.39 is 9.04 Å². The molecule has 0 aromatic rings. The predicted molar refractivity (Wildman–Crippen MR) is 79.6 cm³/mol. The topological polar surface area (TPSA) is 29.5 Å². The summed E-state index contributed by atoms with van der Waals surface area (Å²) in [5.74, 6) is 1.08. The molecule has 0 radical (unpaired) electrons. The van der Waals surface area contributed by atoms with Gasteiger partial charge in [-0.15, -0.1) is 0 Å². The fraction of sp³-hybridized carbons (Fsp3) is 0.667. The molecule has 0 saturated heterocycles. The third kappa shape index (κ3) is 3.03. The maximum absolute atomic E-state index is 9.80. The van der Waals surface area contributed by atoms with Crippen molar-refractivity contribution in [1.29, 1.82) is 0 Å². The summed E-state index contributed by atoms with van der Waals surface area (Å²) in [5.41, 5.74) is 0.151. The second kappa shape index (κ2) is 4.72. The molecule has 92 valence electrons. The molecule has 0 amide bonds. The molecule has 0 heterocycles. The molecule has 1 atom stereocenters. The summed E-state index contributed by atoms with van der Waals surface area (Å²) in [4.78, 5) is 0. The highest BCUT2D eigenvalue weighted by atomic mass is 127. The number of halogens is 1. The Bertz CT molecular complexity index is 328. The van der Waals surface area contributed by atoms with Gasteiger partial charge in [0.05, 0.1) is 3.42 Å². The van der Waals surface area contributed by atoms with Crippen LogP contribution in [0.5, 0.6) is 0 Å². The lowest BCUT2D eigenvalue weighted by Crippen LogP contribution is -2.37. The highest BCUT2D eigenvalue weighted by Crippen LogP contribution is 2.47. The van der Waals surface area contributed by atoms with Crippen molar-refractivity contribution in [2.45, 2.75) is 43.7 Å². The van der Waals surface area contributed by atoms with E-state index in [0.29, 0.717) is 5.76 Å². The zero-order chi connectivity index (χ0) is 12.6. The van der Waals surface area contributed by atoms with Crippen molar-refractivity contribution in [1.82, 2.24) is 0 Å². The Morgan fingerprint density at radius 1 is 1.44 bits per heavy atom. The molecule has 1 unspecified atom stereocenters. The van der Waals surface area contributed by atoms with Gasteiger partial charge in [-0.25, -0.2) is 0 Å². The molecule has 2 nitrogen and oxygen atoms in total. The van der Waals surface area contributed by atoms with E-state index in [1.165, 1.54) is 0 Å². The van der Waals surface area contributed by atoms with Gasteiger partial charge >= 0.3 is 0 Å². The average molecular weight is 352 g/mol. The van der Waals surface area contributed by atoms with Crippen molar-refractivity contribution in [3.05, 3.63) is 23.7 Å². The van der Waals surface area contributed by atoms with Gasteiger partial charge in [0.1, 0.15) is 5.76 Å². The van der Waals surface area contributed by atoms with Gasteiger partial charge in [0.15, 0.2) is 5.76 Å². The van der Waals surface area contributed by atoms with Crippen LogP contribution in [0.3, 0.4) is 0 Å².